The van der Waals surface area contributed by atoms with Crippen molar-refractivity contribution in [2.24, 2.45) is 4.99 Å². The van der Waals surface area contributed by atoms with E-state index >= 15 is 0 Å². The third kappa shape index (κ3) is 5.97. The molecule has 174 valence electrons. The predicted molar refractivity (Wildman–Crippen MR) is 135 cm³/mol. The number of amides is 1. The number of rotatable bonds is 9. The van der Waals surface area contributed by atoms with Crippen LogP contribution >= 0.6 is 27.7 Å². The third-order valence-corrected chi connectivity index (χ3v) is 6.20. The van der Waals surface area contributed by atoms with Crippen molar-refractivity contribution in [2.45, 2.75) is 27.2 Å². The van der Waals surface area contributed by atoms with Crippen LogP contribution in [0.25, 0.3) is 6.08 Å². The van der Waals surface area contributed by atoms with Crippen molar-refractivity contribution in [3.8, 4) is 11.5 Å². The lowest BCUT2D eigenvalue weighted by molar-refractivity contribution is -0.122. The lowest BCUT2D eigenvalue weighted by atomic mass is 10.2. The Balaban J connectivity index is 1.95. The minimum absolute atomic E-state index is 0.142. The summed E-state index contributed by atoms with van der Waals surface area (Å²) in [5.74, 6) is 0.0644. The summed E-state index contributed by atoms with van der Waals surface area (Å²) in [6, 6.07) is 10.1. The number of hydrogen-bond donors (Lipinski definition) is 1. The van der Waals surface area contributed by atoms with Crippen LogP contribution in [-0.4, -0.2) is 46.8 Å². The summed E-state index contributed by atoms with van der Waals surface area (Å²) >= 11 is 4.81. The van der Waals surface area contributed by atoms with Gasteiger partial charge in [0.15, 0.2) is 16.7 Å². The van der Waals surface area contributed by atoms with Gasteiger partial charge in [-0.15, -0.1) is 0 Å². The molecule has 7 nitrogen and oxygen atoms in total. The molecule has 9 heteroatoms. The summed E-state index contributed by atoms with van der Waals surface area (Å²) < 4.78 is 12.3. The second kappa shape index (κ2) is 11.4. The summed E-state index contributed by atoms with van der Waals surface area (Å²) in [6.07, 6.45) is 2.67. The van der Waals surface area contributed by atoms with Crippen LogP contribution in [0.5, 0.6) is 11.5 Å². The summed E-state index contributed by atoms with van der Waals surface area (Å²) in [4.78, 5) is 30.9. The van der Waals surface area contributed by atoms with Crippen molar-refractivity contribution < 1.29 is 24.2 Å². The molecular formula is C24H25BrN2O5S. The molecule has 0 spiro atoms. The van der Waals surface area contributed by atoms with Crippen LogP contribution in [0.4, 0.5) is 5.69 Å². The first-order valence-corrected chi connectivity index (χ1v) is 12.2. The highest BCUT2D eigenvalue weighted by atomic mass is 79.9. The SMILES string of the molecule is CCCOc1c(Br)cc(/C=C2/SC(=Nc3cccc(C(=O)O)c3)N(CC)C2=O)cc1OCC. The second-order valence-electron chi connectivity index (χ2n) is 7.02. The molecule has 0 saturated carbocycles. The number of carbonyl (C=O) groups is 2. The summed E-state index contributed by atoms with van der Waals surface area (Å²) in [5, 5.41) is 9.72. The molecule has 2 aromatic carbocycles. The maximum Gasteiger partial charge on any atom is 0.335 e. The van der Waals surface area contributed by atoms with E-state index in [0.717, 1.165) is 16.5 Å². The minimum Gasteiger partial charge on any atom is -0.490 e. The molecule has 0 unspecified atom stereocenters. The Morgan fingerprint density at radius 1 is 1.21 bits per heavy atom. The molecule has 1 heterocycles. The Bertz CT molecular complexity index is 1120. The van der Waals surface area contributed by atoms with Crippen molar-refractivity contribution >= 4 is 56.5 Å². The molecule has 1 fully saturated rings. The quantitative estimate of drug-likeness (QED) is 0.401. The molecule has 1 amide bonds. The Kier molecular flexibility index (Phi) is 8.57. The van der Waals surface area contributed by atoms with Gasteiger partial charge in [0.2, 0.25) is 0 Å². The fourth-order valence-corrected chi connectivity index (χ4v) is 4.76. The molecule has 0 aromatic heterocycles. The minimum atomic E-state index is -1.03. The largest absolute Gasteiger partial charge is 0.490 e. The van der Waals surface area contributed by atoms with E-state index in [1.54, 1.807) is 23.1 Å². The van der Waals surface area contributed by atoms with Gasteiger partial charge in [0.05, 0.1) is 33.8 Å². The standard InChI is InChI=1S/C24H25BrN2O5S/c1-4-10-32-21-18(25)11-15(12-19(21)31-6-3)13-20-22(28)27(5-2)24(33-20)26-17-9-7-8-16(14-17)23(29)30/h7-9,11-14H,4-6,10H2,1-3H3,(H,29,30)/b20-13+,26-24?. The molecular weight excluding hydrogens is 508 g/mol. The van der Waals surface area contributed by atoms with Crippen molar-refractivity contribution in [1.82, 2.24) is 4.90 Å². The molecule has 0 radical (unpaired) electrons. The zero-order chi connectivity index (χ0) is 24.0. The number of thioether (sulfide) groups is 1. The molecule has 3 rings (SSSR count). The average Bonchev–Trinajstić information content (AvgIpc) is 3.07. The van der Waals surface area contributed by atoms with Gasteiger partial charge >= 0.3 is 5.97 Å². The van der Waals surface area contributed by atoms with E-state index in [0.29, 0.717) is 47.0 Å². The Morgan fingerprint density at radius 2 is 2.00 bits per heavy atom. The van der Waals surface area contributed by atoms with Crippen LogP contribution in [-0.2, 0) is 4.79 Å². The summed E-state index contributed by atoms with van der Waals surface area (Å²) in [7, 11) is 0. The van der Waals surface area contributed by atoms with Gasteiger partial charge in [0.1, 0.15) is 0 Å². The van der Waals surface area contributed by atoms with E-state index in [9.17, 15) is 14.7 Å². The number of nitrogens with zero attached hydrogens (tertiary/aromatic N) is 2. The van der Waals surface area contributed by atoms with Gasteiger partial charge in [-0.05, 0) is 89.9 Å². The van der Waals surface area contributed by atoms with Crippen LogP contribution in [0, 0.1) is 0 Å². The first-order chi connectivity index (χ1) is 15.9. The number of halogens is 1. The van der Waals surface area contributed by atoms with E-state index in [-0.39, 0.29) is 11.5 Å². The molecule has 1 aliphatic heterocycles. The lowest BCUT2D eigenvalue weighted by Gasteiger charge is -2.14. The fraction of sp³-hybridized carbons (Fsp3) is 0.292. The molecule has 1 N–H and O–H groups in total. The second-order valence-corrected chi connectivity index (χ2v) is 8.88. The van der Waals surface area contributed by atoms with E-state index in [4.69, 9.17) is 9.47 Å². The molecule has 33 heavy (non-hydrogen) atoms. The highest BCUT2D eigenvalue weighted by Crippen LogP contribution is 2.39. The number of carboxylic acid groups (broad SMARTS) is 1. The molecule has 2 aromatic rings. The van der Waals surface area contributed by atoms with Gasteiger partial charge < -0.3 is 14.6 Å². The highest BCUT2D eigenvalue weighted by molar-refractivity contribution is 9.10. The normalized spacial score (nSPS) is 16.0. The number of amidine groups is 1. The molecule has 1 saturated heterocycles. The maximum absolute atomic E-state index is 13.0. The number of aliphatic imine (C=N–C) groups is 1. The van der Waals surface area contributed by atoms with Gasteiger partial charge in [-0.1, -0.05) is 13.0 Å². The van der Waals surface area contributed by atoms with Gasteiger partial charge in [-0.3, -0.25) is 9.69 Å². The Labute approximate surface area is 205 Å². The molecule has 0 atom stereocenters. The number of carboxylic acids is 1. The van der Waals surface area contributed by atoms with Gasteiger partial charge in [-0.2, -0.15) is 0 Å². The zero-order valence-electron chi connectivity index (χ0n) is 18.6. The number of benzene rings is 2. The smallest absolute Gasteiger partial charge is 0.335 e. The van der Waals surface area contributed by atoms with Crippen molar-refractivity contribution in [3.63, 3.8) is 0 Å². The van der Waals surface area contributed by atoms with Gasteiger partial charge in [0, 0.05) is 6.54 Å². The monoisotopic (exact) mass is 532 g/mol. The number of hydrogen-bond acceptors (Lipinski definition) is 6. The molecule has 1 aliphatic rings. The van der Waals surface area contributed by atoms with Crippen molar-refractivity contribution in [2.75, 3.05) is 19.8 Å². The van der Waals surface area contributed by atoms with Crippen LogP contribution < -0.4 is 9.47 Å². The first kappa shape index (κ1) is 24.9. The number of ether oxygens (including phenoxy) is 2. The van der Waals surface area contributed by atoms with Crippen LogP contribution in [0.15, 0.2) is 50.8 Å². The lowest BCUT2D eigenvalue weighted by Crippen LogP contribution is -2.28. The first-order valence-electron chi connectivity index (χ1n) is 10.6. The molecule has 0 bridgehead atoms. The maximum atomic E-state index is 13.0. The summed E-state index contributed by atoms with van der Waals surface area (Å²) in [5.41, 5.74) is 1.41. The third-order valence-electron chi connectivity index (χ3n) is 4.60. The Morgan fingerprint density at radius 3 is 2.67 bits per heavy atom. The van der Waals surface area contributed by atoms with Crippen molar-refractivity contribution in [1.29, 1.82) is 0 Å². The predicted octanol–water partition coefficient (Wildman–Crippen LogP) is 5.96. The highest BCUT2D eigenvalue weighted by Gasteiger charge is 2.32. The van der Waals surface area contributed by atoms with Crippen LogP contribution in [0.1, 0.15) is 43.1 Å². The Hall–Kier alpha value is -2.78. The number of aromatic carboxylic acids is 1. The van der Waals surface area contributed by atoms with Crippen LogP contribution in [0.2, 0.25) is 0 Å². The van der Waals surface area contributed by atoms with Gasteiger partial charge in [0.25, 0.3) is 5.91 Å². The van der Waals surface area contributed by atoms with E-state index in [1.807, 2.05) is 32.9 Å². The molecule has 0 aliphatic carbocycles. The topological polar surface area (TPSA) is 88.4 Å². The summed E-state index contributed by atoms with van der Waals surface area (Å²) in [6.45, 7) is 7.31. The van der Waals surface area contributed by atoms with Crippen molar-refractivity contribution in [3.05, 3.63) is 56.9 Å². The number of carbonyl (C=O) groups excluding carboxylic acids is 1. The van der Waals surface area contributed by atoms with E-state index in [2.05, 4.69) is 20.9 Å². The van der Waals surface area contributed by atoms with E-state index in [1.165, 1.54) is 23.9 Å². The average molecular weight is 533 g/mol. The van der Waals surface area contributed by atoms with Crippen LogP contribution in [0.3, 0.4) is 0 Å². The number of likely N-dealkylation sites (N-methyl/N-ethyl adjacent to an activating group) is 1. The van der Waals surface area contributed by atoms with Gasteiger partial charge in [-0.25, -0.2) is 9.79 Å². The van der Waals surface area contributed by atoms with E-state index < -0.39 is 5.97 Å². The zero-order valence-corrected chi connectivity index (χ0v) is 21.0. The fourth-order valence-electron chi connectivity index (χ4n) is 3.12.